The molecule has 0 radical (unpaired) electrons. The van der Waals surface area contributed by atoms with Gasteiger partial charge in [0.2, 0.25) is 0 Å². The Kier molecular flexibility index (Phi) is 4.60. The van der Waals surface area contributed by atoms with E-state index in [1.807, 2.05) is 16.8 Å². The molecule has 0 aliphatic heterocycles. The number of rotatable bonds is 5. The molecule has 0 saturated carbocycles. The average Bonchev–Trinajstić information content (AvgIpc) is 3.00. The van der Waals surface area contributed by atoms with E-state index < -0.39 is 10.7 Å². The van der Waals surface area contributed by atoms with E-state index in [1.165, 1.54) is 22.7 Å². The standard InChI is InChI=1S/C20H22N2O2S/c1-13(2)14-9-10-17(16-8-6-5-7-15(14)16)22-12-11-21-19(22)25-20(3,4)18(23)24/h5-13H,1-4H3,(H,23,24). The minimum absolute atomic E-state index is 0.432. The lowest BCUT2D eigenvalue weighted by molar-refractivity contribution is -0.138. The molecule has 0 fully saturated rings. The molecule has 3 rings (SSSR count). The summed E-state index contributed by atoms with van der Waals surface area (Å²) < 4.78 is 1.03. The molecule has 25 heavy (non-hydrogen) atoms. The lowest BCUT2D eigenvalue weighted by Crippen LogP contribution is -2.27. The molecule has 1 N–H and O–H groups in total. The van der Waals surface area contributed by atoms with E-state index >= 15 is 0 Å². The first kappa shape index (κ1) is 17.5. The van der Waals surface area contributed by atoms with Crippen LogP contribution in [0.2, 0.25) is 0 Å². The maximum Gasteiger partial charge on any atom is 0.319 e. The predicted molar refractivity (Wildman–Crippen MR) is 103 cm³/mol. The van der Waals surface area contributed by atoms with Crippen LogP contribution in [0.25, 0.3) is 16.5 Å². The monoisotopic (exact) mass is 354 g/mol. The third-order valence-electron chi connectivity index (χ3n) is 4.28. The highest BCUT2D eigenvalue weighted by Crippen LogP contribution is 2.35. The summed E-state index contributed by atoms with van der Waals surface area (Å²) in [7, 11) is 0. The van der Waals surface area contributed by atoms with E-state index in [0.717, 1.165) is 11.1 Å². The minimum atomic E-state index is -0.948. The molecular formula is C20H22N2O2S. The fourth-order valence-electron chi connectivity index (χ4n) is 2.84. The Hall–Kier alpha value is -2.27. The van der Waals surface area contributed by atoms with Crippen LogP contribution < -0.4 is 0 Å². The largest absolute Gasteiger partial charge is 0.480 e. The van der Waals surface area contributed by atoms with Crippen LogP contribution in [0.5, 0.6) is 0 Å². The van der Waals surface area contributed by atoms with Gasteiger partial charge in [-0.25, -0.2) is 4.98 Å². The van der Waals surface area contributed by atoms with Gasteiger partial charge in [-0.1, -0.05) is 55.9 Å². The lowest BCUT2D eigenvalue weighted by Gasteiger charge is -2.20. The second-order valence-electron chi connectivity index (χ2n) is 6.87. The molecule has 1 heterocycles. The quantitative estimate of drug-likeness (QED) is 0.647. The molecule has 130 valence electrons. The maximum atomic E-state index is 11.5. The van der Waals surface area contributed by atoms with Crippen LogP contribution in [-0.4, -0.2) is 25.4 Å². The Bertz CT molecular complexity index is 928. The summed E-state index contributed by atoms with van der Waals surface area (Å²) in [6, 6.07) is 12.6. The number of carbonyl (C=O) groups is 1. The van der Waals surface area contributed by atoms with Crippen LogP contribution in [-0.2, 0) is 4.79 Å². The fraction of sp³-hybridized carbons (Fsp3) is 0.300. The molecular weight excluding hydrogens is 332 g/mol. The van der Waals surface area contributed by atoms with Crippen LogP contribution >= 0.6 is 11.8 Å². The smallest absolute Gasteiger partial charge is 0.319 e. The van der Waals surface area contributed by atoms with E-state index in [-0.39, 0.29) is 0 Å². The summed E-state index contributed by atoms with van der Waals surface area (Å²) in [4.78, 5) is 15.9. The third-order valence-corrected chi connectivity index (χ3v) is 5.45. The first-order valence-electron chi connectivity index (χ1n) is 8.29. The van der Waals surface area contributed by atoms with Crippen molar-refractivity contribution >= 4 is 28.5 Å². The lowest BCUT2D eigenvalue weighted by atomic mass is 9.95. The summed E-state index contributed by atoms with van der Waals surface area (Å²) in [5, 5.41) is 12.4. The highest BCUT2D eigenvalue weighted by Gasteiger charge is 2.30. The van der Waals surface area contributed by atoms with Crippen molar-refractivity contribution in [2.24, 2.45) is 0 Å². The maximum absolute atomic E-state index is 11.5. The van der Waals surface area contributed by atoms with E-state index in [9.17, 15) is 9.90 Å². The second-order valence-corrected chi connectivity index (χ2v) is 8.46. The minimum Gasteiger partial charge on any atom is -0.480 e. The molecule has 0 unspecified atom stereocenters. The topological polar surface area (TPSA) is 55.1 Å². The van der Waals surface area contributed by atoms with Gasteiger partial charge in [0.25, 0.3) is 0 Å². The van der Waals surface area contributed by atoms with Crippen molar-refractivity contribution in [2.75, 3.05) is 0 Å². The number of fused-ring (bicyclic) bond motifs is 1. The van der Waals surface area contributed by atoms with Crippen LogP contribution in [0.3, 0.4) is 0 Å². The molecule has 3 aromatic rings. The number of aromatic nitrogens is 2. The van der Waals surface area contributed by atoms with Crippen molar-refractivity contribution in [1.82, 2.24) is 9.55 Å². The van der Waals surface area contributed by atoms with Crippen molar-refractivity contribution in [3.8, 4) is 5.69 Å². The summed E-state index contributed by atoms with van der Waals surface area (Å²) in [5.74, 6) is -0.423. The van der Waals surface area contributed by atoms with E-state index in [0.29, 0.717) is 11.1 Å². The molecule has 0 atom stereocenters. The number of carboxylic acid groups (broad SMARTS) is 1. The van der Waals surface area contributed by atoms with Crippen molar-refractivity contribution < 1.29 is 9.90 Å². The summed E-state index contributed by atoms with van der Waals surface area (Å²) in [6.45, 7) is 7.77. The van der Waals surface area contributed by atoms with E-state index in [1.54, 1.807) is 20.0 Å². The predicted octanol–water partition coefficient (Wildman–Crippen LogP) is 5.10. The summed E-state index contributed by atoms with van der Waals surface area (Å²) >= 11 is 1.25. The highest BCUT2D eigenvalue weighted by molar-refractivity contribution is 8.01. The first-order valence-corrected chi connectivity index (χ1v) is 9.10. The Labute approximate surface area is 151 Å². The number of imidazole rings is 1. The van der Waals surface area contributed by atoms with Gasteiger partial charge in [0.05, 0.1) is 5.69 Å². The summed E-state index contributed by atoms with van der Waals surface area (Å²) in [6.07, 6.45) is 3.60. The number of carboxylic acids is 1. The van der Waals surface area contributed by atoms with Crippen LogP contribution in [0.1, 0.15) is 39.2 Å². The van der Waals surface area contributed by atoms with Gasteiger partial charge in [-0.05, 0) is 36.8 Å². The second kappa shape index (κ2) is 6.56. The molecule has 1 aromatic heterocycles. The number of nitrogens with zero attached hydrogens (tertiary/aromatic N) is 2. The molecule has 0 aliphatic rings. The number of aliphatic carboxylic acids is 1. The van der Waals surface area contributed by atoms with Crippen molar-refractivity contribution in [3.05, 3.63) is 54.4 Å². The van der Waals surface area contributed by atoms with Gasteiger partial charge in [-0.3, -0.25) is 9.36 Å². The van der Waals surface area contributed by atoms with Crippen molar-refractivity contribution in [2.45, 2.75) is 43.5 Å². The van der Waals surface area contributed by atoms with Gasteiger partial charge in [-0.2, -0.15) is 0 Å². The zero-order chi connectivity index (χ0) is 18.2. The SMILES string of the molecule is CC(C)c1ccc(-n2ccnc2SC(C)(C)C(=O)O)c2ccccc12. The van der Waals surface area contributed by atoms with Crippen molar-refractivity contribution in [1.29, 1.82) is 0 Å². The van der Waals surface area contributed by atoms with Crippen LogP contribution in [0.4, 0.5) is 0 Å². The highest BCUT2D eigenvalue weighted by atomic mass is 32.2. The van der Waals surface area contributed by atoms with Gasteiger partial charge >= 0.3 is 5.97 Å². The molecule has 0 spiro atoms. The van der Waals surface area contributed by atoms with E-state index in [2.05, 4.69) is 49.2 Å². The molecule has 0 aliphatic carbocycles. The average molecular weight is 354 g/mol. The molecule has 0 bridgehead atoms. The molecule has 5 heteroatoms. The van der Waals surface area contributed by atoms with Gasteiger partial charge < -0.3 is 5.11 Å². The first-order chi connectivity index (χ1) is 11.8. The van der Waals surface area contributed by atoms with Gasteiger partial charge in [-0.15, -0.1) is 0 Å². The van der Waals surface area contributed by atoms with Gasteiger partial charge in [0.1, 0.15) is 4.75 Å². The molecule has 4 nitrogen and oxygen atoms in total. The Morgan fingerprint density at radius 3 is 2.48 bits per heavy atom. The number of thioether (sulfide) groups is 1. The zero-order valence-electron chi connectivity index (χ0n) is 14.9. The number of benzene rings is 2. The fourth-order valence-corrected chi connectivity index (χ4v) is 3.76. The van der Waals surface area contributed by atoms with Crippen LogP contribution in [0, 0.1) is 0 Å². The molecule has 0 saturated heterocycles. The van der Waals surface area contributed by atoms with Crippen molar-refractivity contribution in [3.63, 3.8) is 0 Å². The van der Waals surface area contributed by atoms with Gasteiger partial charge in [0, 0.05) is 17.8 Å². The summed E-state index contributed by atoms with van der Waals surface area (Å²) in [5.41, 5.74) is 2.32. The van der Waals surface area contributed by atoms with Crippen LogP contribution in [0.15, 0.2) is 53.9 Å². The number of hydrogen-bond acceptors (Lipinski definition) is 3. The zero-order valence-corrected chi connectivity index (χ0v) is 15.7. The van der Waals surface area contributed by atoms with E-state index in [4.69, 9.17) is 0 Å². The number of hydrogen-bond donors (Lipinski definition) is 1. The molecule has 2 aromatic carbocycles. The normalized spacial score (nSPS) is 12.0. The third kappa shape index (κ3) is 3.29. The Morgan fingerprint density at radius 1 is 1.16 bits per heavy atom. The molecule has 0 amide bonds. The van der Waals surface area contributed by atoms with Gasteiger partial charge in [0.15, 0.2) is 5.16 Å². The Morgan fingerprint density at radius 2 is 1.84 bits per heavy atom. The Balaban J connectivity index is 2.15.